The summed E-state index contributed by atoms with van der Waals surface area (Å²) in [5, 5.41) is 5.58. The van der Waals surface area contributed by atoms with E-state index >= 15 is 0 Å². The maximum atomic E-state index is 12.0. The molecule has 0 aliphatic rings. The predicted molar refractivity (Wildman–Crippen MR) is 103 cm³/mol. The zero-order valence-electron chi connectivity index (χ0n) is 13.0. The summed E-state index contributed by atoms with van der Waals surface area (Å²) in [5.41, 5.74) is 3.90. The zero-order valence-corrected chi connectivity index (χ0v) is 15.3. The second kappa shape index (κ2) is 7.83. The monoisotopic (exact) mass is 374 g/mol. The number of amides is 1. The van der Waals surface area contributed by atoms with Gasteiger partial charge in [-0.2, -0.15) is 0 Å². The molecular formula is C18H15ClN2OS2. The van der Waals surface area contributed by atoms with Gasteiger partial charge in [-0.15, -0.1) is 11.3 Å². The number of aryl methyl sites for hydroxylation is 1. The molecule has 0 saturated carbocycles. The summed E-state index contributed by atoms with van der Waals surface area (Å²) >= 11 is 8.87. The molecule has 6 heteroatoms. The Labute approximate surface area is 154 Å². The van der Waals surface area contributed by atoms with Crippen LogP contribution in [-0.4, -0.2) is 16.6 Å². The predicted octanol–water partition coefficient (Wildman–Crippen LogP) is 5.50. The van der Waals surface area contributed by atoms with Crippen molar-refractivity contribution in [1.82, 2.24) is 4.98 Å². The number of nitrogens with one attached hydrogen (secondary N) is 1. The Morgan fingerprint density at radius 1 is 1.17 bits per heavy atom. The first-order valence-electron chi connectivity index (χ1n) is 7.31. The van der Waals surface area contributed by atoms with Crippen molar-refractivity contribution in [2.45, 2.75) is 11.3 Å². The lowest BCUT2D eigenvalue weighted by Gasteiger charge is -2.04. The maximum absolute atomic E-state index is 12.0. The van der Waals surface area contributed by atoms with Crippen LogP contribution in [0.5, 0.6) is 0 Å². The van der Waals surface area contributed by atoms with Gasteiger partial charge in [0.25, 0.3) is 0 Å². The van der Waals surface area contributed by atoms with Crippen LogP contribution in [0.25, 0.3) is 11.3 Å². The van der Waals surface area contributed by atoms with Gasteiger partial charge in [-0.05, 0) is 31.2 Å². The number of carbonyl (C=O) groups excluding carboxylic acids is 1. The number of benzene rings is 2. The fourth-order valence-electron chi connectivity index (χ4n) is 2.04. The number of aromatic nitrogens is 1. The summed E-state index contributed by atoms with van der Waals surface area (Å²) in [7, 11) is 0. The molecule has 0 spiro atoms. The minimum absolute atomic E-state index is 0.0351. The number of carbonyl (C=O) groups is 1. The number of halogens is 1. The molecule has 3 rings (SSSR count). The van der Waals surface area contributed by atoms with Gasteiger partial charge in [0.15, 0.2) is 4.34 Å². The molecule has 0 aliphatic heterocycles. The fraction of sp³-hybridized carbons (Fsp3) is 0.111. The van der Waals surface area contributed by atoms with Crippen LogP contribution in [0.3, 0.4) is 0 Å². The maximum Gasteiger partial charge on any atom is 0.234 e. The van der Waals surface area contributed by atoms with E-state index in [0.717, 1.165) is 21.3 Å². The van der Waals surface area contributed by atoms with Crippen molar-refractivity contribution >= 4 is 46.3 Å². The molecule has 0 bridgehead atoms. The molecule has 1 heterocycles. The minimum Gasteiger partial charge on any atom is -0.325 e. The Kier molecular flexibility index (Phi) is 5.56. The summed E-state index contributed by atoms with van der Waals surface area (Å²) in [4.78, 5) is 16.6. The molecule has 0 aliphatic carbocycles. The molecule has 2 aromatic carbocycles. The SMILES string of the molecule is Cc1ccc(NC(=O)CSc2nc(-c3ccc(Cl)cc3)cs2)cc1. The van der Waals surface area contributed by atoms with Gasteiger partial charge >= 0.3 is 0 Å². The van der Waals surface area contributed by atoms with Gasteiger partial charge in [0, 0.05) is 21.7 Å². The van der Waals surface area contributed by atoms with Gasteiger partial charge in [-0.3, -0.25) is 4.79 Å². The van der Waals surface area contributed by atoms with Crippen molar-refractivity contribution in [2.75, 3.05) is 11.1 Å². The van der Waals surface area contributed by atoms with Gasteiger partial charge in [0.2, 0.25) is 5.91 Å². The molecule has 0 radical (unpaired) electrons. The Morgan fingerprint density at radius 2 is 1.88 bits per heavy atom. The van der Waals surface area contributed by atoms with Gasteiger partial charge in [0.05, 0.1) is 11.4 Å². The Hall–Kier alpha value is -1.82. The van der Waals surface area contributed by atoms with Gasteiger partial charge in [-0.25, -0.2) is 4.98 Å². The summed E-state index contributed by atoms with van der Waals surface area (Å²) < 4.78 is 0.874. The lowest BCUT2D eigenvalue weighted by molar-refractivity contribution is -0.113. The molecule has 3 nitrogen and oxygen atoms in total. The first-order valence-corrected chi connectivity index (χ1v) is 9.55. The van der Waals surface area contributed by atoms with E-state index in [2.05, 4.69) is 10.3 Å². The van der Waals surface area contributed by atoms with E-state index in [-0.39, 0.29) is 5.91 Å². The number of hydrogen-bond acceptors (Lipinski definition) is 4. The molecule has 0 fully saturated rings. The standard InChI is InChI=1S/C18H15ClN2OS2/c1-12-2-8-15(9-3-12)20-17(22)11-24-18-21-16(10-23-18)13-4-6-14(19)7-5-13/h2-10H,11H2,1H3,(H,20,22). The lowest BCUT2D eigenvalue weighted by Crippen LogP contribution is -2.13. The van der Waals surface area contributed by atoms with E-state index < -0.39 is 0 Å². The third-order valence-corrected chi connectivity index (χ3v) is 5.56. The molecule has 24 heavy (non-hydrogen) atoms. The number of hydrogen-bond donors (Lipinski definition) is 1. The molecule has 122 valence electrons. The van der Waals surface area contributed by atoms with E-state index in [1.54, 1.807) is 0 Å². The fourth-order valence-corrected chi connectivity index (χ4v) is 3.80. The second-order valence-corrected chi connectivity index (χ2v) is 7.73. The second-order valence-electron chi connectivity index (χ2n) is 5.21. The molecule has 3 aromatic rings. The summed E-state index contributed by atoms with van der Waals surface area (Å²) in [6.07, 6.45) is 0. The highest BCUT2D eigenvalue weighted by Gasteiger charge is 2.08. The number of thioether (sulfide) groups is 1. The summed E-state index contributed by atoms with van der Waals surface area (Å²) in [6, 6.07) is 15.3. The van der Waals surface area contributed by atoms with Crippen LogP contribution in [0.15, 0.2) is 58.3 Å². The summed E-state index contributed by atoms with van der Waals surface area (Å²) in [5.74, 6) is 0.300. The molecular weight excluding hydrogens is 360 g/mol. The van der Waals surface area contributed by atoms with Crippen LogP contribution in [0.4, 0.5) is 5.69 Å². The lowest BCUT2D eigenvalue weighted by atomic mass is 10.2. The first-order chi connectivity index (χ1) is 11.6. The number of nitrogens with zero attached hydrogens (tertiary/aromatic N) is 1. The zero-order chi connectivity index (χ0) is 16.9. The van der Waals surface area contributed by atoms with Crippen molar-refractivity contribution < 1.29 is 4.79 Å². The molecule has 1 N–H and O–H groups in total. The van der Waals surface area contributed by atoms with E-state index in [0.29, 0.717) is 10.8 Å². The summed E-state index contributed by atoms with van der Waals surface area (Å²) in [6.45, 7) is 2.02. The molecule has 0 unspecified atom stereocenters. The van der Waals surface area contributed by atoms with Crippen LogP contribution in [0.1, 0.15) is 5.56 Å². The first kappa shape index (κ1) is 17.0. The van der Waals surface area contributed by atoms with Gasteiger partial charge in [0.1, 0.15) is 0 Å². The Bertz CT molecular complexity index is 829. The third-order valence-electron chi connectivity index (χ3n) is 3.29. The van der Waals surface area contributed by atoms with Crippen LogP contribution in [0, 0.1) is 6.92 Å². The topological polar surface area (TPSA) is 42.0 Å². The normalized spacial score (nSPS) is 10.6. The van der Waals surface area contributed by atoms with Crippen molar-refractivity contribution in [3.63, 3.8) is 0 Å². The molecule has 1 aromatic heterocycles. The van der Waals surface area contributed by atoms with Gasteiger partial charge in [-0.1, -0.05) is 53.2 Å². The Balaban J connectivity index is 1.56. The highest BCUT2D eigenvalue weighted by molar-refractivity contribution is 8.01. The number of anilines is 1. The largest absolute Gasteiger partial charge is 0.325 e. The van der Waals surface area contributed by atoms with E-state index in [4.69, 9.17) is 11.6 Å². The van der Waals surface area contributed by atoms with E-state index in [1.165, 1.54) is 28.7 Å². The average molecular weight is 375 g/mol. The number of rotatable bonds is 5. The van der Waals surface area contributed by atoms with Crippen molar-refractivity contribution in [3.05, 3.63) is 64.5 Å². The van der Waals surface area contributed by atoms with E-state index in [9.17, 15) is 4.79 Å². The molecule has 0 atom stereocenters. The minimum atomic E-state index is -0.0351. The third kappa shape index (κ3) is 4.60. The highest BCUT2D eigenvalue weighted by Crippen LogP contribution is 2.29. The van der Waals surface area contributed by atoms with Crippen molar-refractivity contribution in [1.29, 1.82) is 0 Å². The van der Waals surface area contributed by atoms with E-state index in [1.807, 2.05) is 60.8 Å². The van der Waals surface area contributed by atoms with Crippen molar-refractivity contribution in [3.8, 4) is 11.3 Å². The molecule has 1 amide bonds. The number of thiazole rings is 1. The molecule has 0 saturated heterocycles. The van der Waals surface area contributed by atoms with Gasteiger partial charge < -0.3 is 5.32 Å². The Morgan fingerprint density at radius 3 is 2.58 bits per heavy atom. The van der Waals surface area contributed by atoms with Crippen LogP contribution in [0.2, 0.25) is 5.02 Å². The quantitative estimate of drug-likeness (QED) is 0.599. The van der Waals surface area contributed by atoms with Crippen LogP contribution >= 0.6 is 34.7 Å². The smallest absolute Gasteiger partial charge is 0.234 e. The average Bonchev–Trinajstić information content (AvgIpc) is 3.05. The van der Waals surface area contributed by atoms with Crippen LogP contribution < -0.4 is 5.32 Å². The van der Waals surface area contributed by atoms with Crippen molar-refractivity contribution in [2.24, 2.45) is 0 Å². The van der Waals surface area contributed by atoms with Crippen LogP contribution in [-0.2, 0) is 4.79 Å². The highest BCUT2D eigenvalue weighted by atomic mass is 35.5.